The van der Waals surface area contributed by atoms with Gasteiger partial charge in [0.1, 0.15) is 12.7 Å². The third-order valence-corrected chi connectivity index (χ3v) is 9.35. The fourth-order valence-corrected chi connectivity index (χ4v) is 5.82. The number of carbonyl (C=O) groups is 2. The van der Waals surface area contributed by atoms with Crippen LogP contribution in [0.1, 0.15) is 123 Å². The maximum Gasteiger partial charge on any atom is 0.472 e. The van der Waals surface area contributed by atoms with Crippen LogP contribution in [0.3, 0.4) is 0 Å². The number of hydrogen-bond donors (Lipinski definition) is 6. The van der Waals surface area contributed by atoms with Gasteiger partial charge < -0.3 is 39.9 Å². The number of phosphoric ester groups is 1. The van der Waals surface area contributed by atoms with Gasteiger partial charge in [-0.2, -0.15) is 0 Å². The number of phosphoric acid groups is 1. The van der Waals surface area contributed by atoms with Crippen molar-refractivity contribution in [2.75, 3.05) is 26.4 Å². The lowest BCUT2D eigenvalue weighted by Crippen LogP contribution is -2.30. The molecular weight excluding hydrogens is 767 g/mol. The molecule has 1 unspecified atom stereocenters. The summed E-state index contributed by atoms with van der Waals surface area (Å²) < 4.78 is 32.4. The molecule has 13 nitrogen and oxygen atoms in total. The fraction of sp³-hybridized carbons (Fsp3) is 0.636. The van der Waals surface area contributed by atoms with Crippen LogP contribution in [0.4, 0.5) is 0 Å². The van der Waals surface area contributed by atoms with E-state index in [0.29, 0.717) is 12.8 Å². The predicted octanol–water partition coefficient (Wildman–Crippen LogP) is 7.58. The molecule has 0 aromatic heterocycles. The summed E-state index contributed by atoms with van der Waals surface area (Å²) in [6.45, 7) is 1.73. The van der Waals surface area contributed by atoms with Crippen LogP contribution in [0, 0.1) is 0 Å². The number of unbranched alkanes of at least 4 members (excludes halogenated alkanes) is 9. The second-order valence-corrected chi connectivity index (χ2v) is 15.3. The van der Waals surface area contributed by atoms with Gasteiger partial charge in [0.05, 0.1) is 38.1 Å². The molecule has 0 radical (unpaired) electrons. The lowest BCUT2D eigenvalue weighted by Gasteiger charge is -2.20. The van der Waals surface area contributed by atoms with Crippen molar-refractivity contribution in [2.24, 2.45) is 0 Å². The number of hydrogen-bond acceptors (Lipinski definition) is 12. The Labute approximate surface area is 347 Å². The van der Waals surface area contributed by atoms with Crippen molar-refractivity contribution in [3.63, 3.8) is 0 Å². The first-order valence-electron chi connectivity index (χ1n) is 20.9. The van der Waals surface area contributed by atoms with Crippen LogP contribution in [0.2, 0.25) is 0 Å². The van der Waals surface area contributed by atoms with Crippen LogP contribution in [0.5, 0.6) is 0 Å². The Balaban J connectivity index is 4.70. The standard InChI is InChI=1S/C44H73O13P/c1-3-5-7-8-9-10-11-12-13-14-15-16-17-22-26-32-44(51)57-40(37-56-58(52,53)55-35-39(47)34-45)36-54-43(50)33-27-31-42(49)41(48)30-25-21-19-18-20-24-29-38(46)28-23-6-4-2/h6,10-13,18-21,23-25,29-30,38-42,45-49H,3-5,7-9,14-17,22,26-28,31-37H2,1-2H3,(H,52,53)/b11-10-,13-12-,20-18+,21-19-,23-6-,29-24+,30-25-/t38-,39+,40-,41+,42+/m1/s1. The summed E-state index contributed by atoms with van der Waals surface area (Å²) >= 11 is 0. The van der Waals surface area contributed by atoms with Gasteiger partial charge in [-0.05, 0) is 57.8 Å². The Morgan fingerprint density at radius 1 is 0.638 bits per heavy atom. The summed E-state index contributed by atoms with van der Waals surface area (Å²) in [5.74, 6) is -1.29. The molecule has 0 bridgehead atoms. The molecule has 58 heavy (non-hydrogen) atoms. The highest BCUT2D eigenvalue weighted by Crippen LogP contribution is 2.43. The van der Waals surface area contributed by atoms with Crippen LogP contribution in [-0.2, 0) is 32.7 Å². The van der Waals surface area contributed by atoms with E-state index in [0.717, 1.165) is 44.9 Å². The highest BCUT2D eigenvalue weighted by Gasteiger charge is 2.27. The maximum atomic E-state index is 12.6. The Morgan fingerprint density at radius 3 is 1.88 bits per heavy atom. The third kappa shape index (κ3) is 36.1. The molecule has 0 aliphatic carbocycles. The van der Waals surface area contributed by atoms with E-state index in [-0.39, 0.29) is 25.7 Å². The summed E-state index contributed by atoms with van der Waals surface area (Å²) in [7, 11) is -4.71. The number of aliphatic hydroxyl groups is 5. The zero-order valence-electron chi connectivity index (χ0n) is 34.8. The Morgan fingerprint density at radius 2 is 1.22 bits per heavy atom. The Kier molecular flexibility index (Phi) is 36.3. The molecule has 332 valence electrons. The smallest absolute Gasteiger partial charge is 0.462 e. The number of allylic oxidation sites excluding steroid dienone is 11. The van der Waals surface area contributed by atoms with E-state index >= 15 is 0 Å². The van der Waals surface area contributed by atoms with E-state index < -0.39 is 76.7 Å². The number of carbonyl (C=O) groups excluding carboxylic acids is 2. The molecule has 0 saturated carbocycles. The van der Waals surface area contributed by atoms with Gasteiger partial charge >= 0.3 is 19.8 Å². The fourth-order valence-electron chi connectivity index (χ4n) is 5.03. The molecule has 14 heteroatoms. The quantitative estimate of drug-likeness (QED) is 0.0117. The lowest BCUT2D eigenvalue weighted by atomic mass is 10.1. The molecule has 0 aliphatic rings. The average Bonchev–Trinajstić information content (AvgIpc) is 3.20. The van der Waals surface area contributed by atoms with Crippen molar-refractivity contribution in [2.45, 2.75) is 154 Å². The van der Waals surface area contributed by atoms with Crippen molar-refractivity contribution < 1.29 is 63.1 Å². The number of ether oxygens (including phenoxy) is 2. The van der Waals surface area contributed by atoms with E-state index in [1.54, 1.807) is 42.5 Å². The van der Waals surface area contributed by atoms with Crippen molar-refractivity contribution in [1.82, 2.24) is 0 Å². The molecule has 0 amide bonds. The Bertz CT molecular complexity index is 1290. The average molecular weight is 841 g/mol. The van der Waals surface area contributed by atoms with Gasteiger partial charge in [0.15, 0.2) is 6.10 Å². The van der Waals surface area contributed by atoms with Gasteiger partial charge in [-0.1, -0.05) is 137 Å². The molecule has 0 saturated heterocycles. The third-order valence-electron chi connectivity index (χ3n) is 8.40. The van der Waals surface area contributed by atoms with Crippen molar-refractivity contribution in [3.8, 4) is 0 Å². The minimum atomic E-state index is -4.71. The first kappa shape index (κ1) is 55.0. The van der Waals surface area contributed by atoms with E-state index in [1.807, 2.05) is 19.1 Å². The topological polar surface area (TPSA) is 210 Å². The molecule has 0 aromatic rings. The first-order chi connectivity index (χ1) is 27.9. The maximum absolute atomic E-state index is 12.6. The number of esters is 2. The van der Waals surface area contributed by atoms with Crippen LogP contribution >= 0.6 is 7.82 Å². The van der Waals surface area contributed by atoms with E-state index in [9.17, 15) is 39.5 Å². The van der Waals surface area contributed by atoms with E-state index in [2.05, 4.69) is 35.8 Å². The zero-order chi connectivity index (χ0) is 43.1. The second-order valence-electron chi connectivity index (χ2n) is 13.9. The van der Waals surface area contributed by atoms with Crippen LogP contribution in [0.25, 0.3) is 0 Å². The van der Waals surface area contributed by atoms with Crippen LogP contribution in [-0.4, -0.2) is 99.3 Å². The molecule has 6 N–H and O–H groups in total. The van der Waals surface area contributed by atoms with Gasteiger partial charge in [-0.3, -0.25) is 18.6 Å². The van der Waals surface area contributed by atoms with Gasteiger partial charge in [-0.15, -0.1) is 0 Å². The SMILES string of the molecule is CC/C=C\C[C@@H](O)/C=C/C=C/C=C\C=C/[C@H](O)[C@@H](O)CCCC(=O)OC[C@H](COP(=O)(O)OC[C@@H](O)CO)OC(=O)CCCCCCC/C=C\C=C/CCCCCC. The molecule has 6 atom stereocenters. The number of aliphatic hydroxyl groups excluding tert-OH is 5. The largest absolute Gasteiger partial charge is 0.472 e. The Hall–Kier alpha value is -2.97. The molecule has 0 fully saturated rings. The minimum Gasteiger partial charge on any atom is -0.462 e. The molecule has 0 aromatic carbocycles. The number of rotatable bonds is 37. The molecular formula is C44H73O13P. The summed E-state index contributed by atoms with van der Waals surface area (Å²) in [6.07, 6.45) is 33.5. The lowest BCUT2D eigenvalue weighted by molar-refractivity contribution is -0.161. The predicted molar refractivity (Wildman–Crippen MR) is 227 cm³/mol. The van der Waals surface area contributed by atoms with E-state index in [4.69, 9.17) is 19.1 Å². The highest BCUT2D eigenvalue weighted by atomic mass is 31.2. The highest BCUT2D eigenvalue weighted by molar-refractivity contribution is 7.47. The monoisotopic (exact) mass is 840 g/mol. The summed E-state index contributed by atoms with van der Waals surface area (Å²) in [5.41, 5.74) is 0. The minimum absolute atomic E-state index is 0.0876. The second kappa shape index (κ2) is 38.2. The van der Waals surface area contributed by atoms with Crippen molar-refractivity contribution >= 4 is 19.8 Å². The zero-order valence-corrected chi connectivity index (χ0v) is 35.7. The van der Waals surface area contributed by atoms with Crippen molar-refractivity contribution in [1.29, 1.82) is 0 Å². The van der Waals surface area contributed by atoms with Crippen LogP contribution in [0.15, 0.2) is 85.1 Å². The summed E-state index contributed by atoms with van der Waals surface area (Å²) in [4.78, 5) is 35.0. The molecule has 0 rings (SSSR count). The van der Waals surface area contributed by atoms with Gasteiger partial charge in [0.2, 0.25) is 0 Å². The molecule has 0 spiro atoms. The summed E-state index contributed by atoms with van der Waals surface area (Å²) in [6, 6.07) is 0. The van der Waals surface area contributed by atoms with E-state index in [1.165, 1.54) is 31.8 Å². The van der Waals surface area contributed by atoms with Gasteiger partial charge in [0, 0.05) is 12.8 Å². The first-order valence-corrected chi connectivity index (χ1v) is 22.4. The van der Waals surface area contributed by atoms with Gasteiger partial charge in [-0.25, -0.2) is 4.57 Å². The summed E-state index contributed by atoms with van der Waals surface area (Å²) in [5, 5.41) is 48.7. The normalized spacial score (nSPS) is 16.3. The van der Waals surface area contributed by atoms with Crippen LogP contribution < -0.4 is 0 Å². The molecule has 0 aliphatic heterocycles. The van der Waals surface area contributed by atoms with Crippen molar-refractivity contribution in [3.05, 3.63) is 85.1 Å². The van der Waals surface area contributed by atoms with Gasteiger partial charge in [0.25, 0.3) is 0 Å². The molecule has 0 heterocycles.